The fourth-order valence-electron chi connectivity index (χ4n) is 7.59. The number of ether oxygens (including phenoxy) is 1. The van der Waals surface area contributed by atoms with Crippen LogP contribution in [0.3, 0.4) is 0 Å². The Morgan fingerprint density at radius 1 is 1.02 bits per heavy atom. The van der Waals surface area contributed by atoms with Crippen LogP contribution in [0.5, 0.6) is 6.01 Å². The van der Waals surface area contributed by atoms with Gasteiger partial charge >= 0.3 is 6.01 Å². The minimum Gasteiger partial charge on any atom is -0.461 e. The highest BCUT2D eigenvalue weighted by Crippen LogP contribution is 2.41. The van der Waals surface area contributed by atoms with Crippen molar-refractivity contribution in [1.29, 1.82) is 0 Å². The van der Waals surface area contributed by atoms with Crippen LogP contribution in [0.25, 0.3) is 32.9 Å². The second-order valence-corrected chi connectivity index (χ2v) is 12.7. The third-order valence-corrected chi connectivity index (χ3v) is 9.73. The molecule has 10 heteroatoms. The van der Waals surface area contributed by atoms with Crippen molar-refractivity contribution >= 4 is 33.2 Å². The number of rotatable bonds is 8. The largest absolute Gasteiger partial charge is 0.461 e. The molecular formula is C41H57F2N7O. The van der Waals surface area contributed by atoms with Gasteiger partial charge in [0.25, 0.3) is 0 Å². The van der Waals surface area contributed by atoms with E-state index in [4.69, 9.17) is 31.8 Å². The highest BCUT2D eigenvalue weighted by molar-refractivity contribution is 6.04. The molecule has 51 heavy (non-hydrogen) atoms. The Labute approximate surface area is 303 Å². The number of halogens is 2. The molecule has 2 aromatic heterocycles. The number of hydrogen-bond acceptors (Lipinski definition) is 8. The molecular weight excluding hydrogens is 644 g/mol. The molecule has 1 unspecified atom stereocenters. The molecule has 3 aliphatic heterocycles. The van der Waals surface area contributed by atoms with Gasteiger partial charge in [-0.15, -0.1) is 6.42 Å². The van der Waals surface area contributed by atoms with Crippen molar-refractivity contribution in [2.45, 2.75) is 111 Å². The van der Waals surface area contributed by atoms with E-state index in [9.17, 15) is 4.39 Å². The van der Waals surface area contributed by atoms with Gasteiger partial charge in [-0.3, -0.25) is 4.90 Å². The van der Waals surface area contributed by atoms with Gasteiger partial charge < -0.3 is 21.1 Å². The van der Waals surface area contributed by atoms with E-state index < -0.39 is 11.6 Å². The summed E-state index contributed by atoms with van der Waals surface area (Å²) in [7, 11) is 0. The number of hydrogen-bond donors (Lipinski definition) is 3. The first-order valence-electron chi connectivity index (χ1n) is 19.1. The second kappa shape index (κ2) is 18.4. The van der Waals surface area contributed by atoms with Gasteiger partial charge in [-0.1, -0.05) is 60.5 Å². The van der Waals surface area contributed by atoms with Crippen molar-refractivity contribution in [2.75, 3.05) is 43.8 Å². The molecule has 276 valence electrons. The summed E-state index contributed by atoms with van der Waals surface area (Å²) in [4.78, 5) is 16.9. The van der Waals surface area contributed by atoms with Crippen molar-refractivity contribution in [2.24, 2.45) is 0 Å². The highest BCUT2D eigenvalue weighted by atomic mass is 19.1. The van der Waals surface area contributed by atoms with Crippen molar-refractivity contribution in [3.8, 4) is 29.6 Å². The third-order valence-electron chi connectivity index (χ3n) is 9.73. The zero-order valence-electron chi connectivity index (χ0n) is 31.7. The van der Waals surface area contributed by atoms with Gasteiger partial charge in [0.15, 0.2) is 5.82 Å². The molecule has 2 aromatic carbocycles. The van der Waals surface area contributed by atoms with E-state index in [0.29, 0.717) is 51.9 Å². The van der Waals surface area contributed by atoms with Crippen LogP contribution in [0.2, 0.25) is 0 Å². The standard InChI is InChI=1S/C35H39F2N7O.3C2H6/c1-3-14-39-19-23-8-5-9-27-29-32(42-34(43-33(29)40-23)45-20-35-12-6-15-44(35)16-7-13-35)30(37)31(41-27)25-18-22(38)17-21-10-11-26(36)24(4-2)28(21)25;3*1-2/h2,10-11,17-18,23,39H,3,5-9,12-16,19-20,38H2,1H3,(H,40,42,43);3*1-2H3. The summed E-state index contributed by atoms with van der Waals surface area (Å²) in [5.41, 5.74) is 7.84. The Morgan fingerprint density at radius 2 is 1.75 bits per heavy atom. The number of benzene rings is 2. The second-order valence-electron chi connectivity index (χ2n) is 12.7. The minimum atomic E-state index is -0.647. The molecule has 3 aliphatic rings. The normalized spacial score (nSPS) is 17.3. The summed E-state index contributed by atoms with van der Waals surface area (Å²) in [5.74, 6) is 1.76. The number of fused-ring (bicyclic) bond motifs is 2. The smallest absolute Gasteiger partial charge is 0.319 e. The lowest BCUT2D eigenvalue weighted by Gasteiger charge is -2.31. The van der Waals surface area contributed by atoms with Crippen LogP contribution in [0.1, 0.15) is 105 Å². The van der Waals surface area contributed by atoms with E-state index >= 15 is 4.39 Å². The Hall–Kier alpha value is -4.07. The summed E-state index contributed by atoms with van der Waals surface area (Å²) in [5, 5.41) is 8.62. The molecule has 7 rings (SSSR count). The molecule has 0 spiro atoms. The van der Waals surface area contributed by atoms with Gasteiger partial charge in [-0.2, -0.15) is 9.97 Å². The first kappa shape index (κ1) is 39.7. The molecule has 2 saturated heterocycles. The summed E-state index contributed by atoms with van der Waals surface area (Å²) in [6, 6.07) is 6.44. The van der Waals surface area contributed by atoms with Gasteiger partial charge in [-0.25, -0.2) is 13.8 Å². The van der Waals surface area contributed by atoms with Gasteiger partial charge in [0.2, 0.25) is 0 Å². The SMILES string of the molecule is C#Cc1c(F)ccc2cc(N)cc(-c3nc4c5c(nc(OCC67CCCN6CCC7)nc5c3F)NC(CNCCC)CCC4)c12.CC.CC.CC. The van der Waals surface area contributed by atoms with Crippen molar-refractivity contribution in [3.05, 3.63) is 47.2 Å². The Balaban J connectivity index is 0.000000925. The molecule has 0 saturated carbocycles. The van der Waals surface area contributed by atoms with Crippen LogP contribution in [-0.4, -0.2) is 64.2 Å². The van der Waals surface area contributed by atoms with Gasteiger partial charge in [0.05, 0.1) is 22.2 Å². The van der Waals surface area contributed by atoms with Gasteiger partial charge in [-0.05, 0) is 94.6 Å². The highest BCUT2D eigenvalue weighted by Gasteiger charge is 2.45. The fraction of sp³-hybridized carbons (Fsp3) is 0.537. The van der Waals surface area contributed by atoms with E-state index in [0.717, 1.165) is 71.1 Å². The average Bonchev–Trinajstić information content (AvgIpc) is 3.74. The summed E-state index contributed by atoms with van der Waals surface area (Å²) in [6.45, 7) is 18.4. The van der Waals surface area contributed by atoms with Crippen LogP contribution in [0.4, 0.5) is 20.3 Å². The van der Waals surface area contributed by atoms with Crippen LogP contribution in [0.15, 0.2) is 24.3 Å². The Bertz CT molecular complexity index is 1810. The fourth-order valence-corrected chi connectivity index (χ4v) is 7.59. The maximum atomic E-state index is 16.9. The molecule has 0 aliphatic carbocycles. The number of nitrogens with zero attached hydrogens (tertiary/aromatic N) is 4. The van der Waals surface area contributed by atoms with E-state index in [2.05, 4.69) is 28.4 Å². The van der Waals surface area contributed by atoms with Crippen LogP contribution in [0, 0.1) is 24.0 Å². The topological polar surface area (TPSA) is 101 Å². The van der Waals surface area contributed by atoms with Crippen molar-refractivity contribution in [3.63, 3.8) is 0 Å². The van der Waals surface area contributed by atoms with E-state index in [1.165, 1.54) is 6.07 Å². The van der Waals surface area contributed by atoms with Crippen LogP contribution < -0.4 is 21.1 Å². The minimum absolute atomic E-state index is 0.0206. The summed E-state index contributed by atoms with van der Waals surface area (Å²) in [6.07, 6.45) is 13.5. The number of nitrogens with two attached hydrogens (primary N) is 1. The van der Waals surface area contributed by atoms with Crippen LogP contribution in [-0.2, 0) is 6.42 Å². The molecule has 0 amide bonds. The molecule has 0 bridgehead atoms. The lowest BCUT2D eigenvalue weighted by Crippen LogP contribution is -2.43. The molecule has 5 heterocycles. The lowest BCUT2D eigenvalue weighted by atomic mass is 9.94. The van der Waals surface area contributed by atoms with Gasteiger partial charge in [0.1, 0.15) is 29.5 Å². The number of aryl methyl sites for hydroxylation is 1. The van der Waals surface area contributed by atoms with Gasteiger partial charge in [0, 0.05) is 29.2 Å². The number of anilines is 2. The molecule has 2 fully saturated rings. The molecule has 1 atom stereocenters. The molecule has 0 radical (unpaired) electrons. The first-order valence-corrected chi connectivity index (χ1v) is 19.1. The van der Waals surface area contributed by atoms with Crippen molar-refractivity contribution < 1.29 is 13.5 Å². The lowest BCUT2D eigenvalue weighted by molar-refractivity contribution is 0.108. The zero-order valence-corrected chi connectivity index (χ0v) is 31.7. The van der Waals surface area contributed by atoms with Crippen LogP contribution >= 0.6 is 0 Å². The van der Waals surface area contributed by atoms with Crippen molar-refractivity contribution in [1.82, 2.24) is 25.2 Å². The predicted molar refractivity (Wildman–Crippen MR) is 208 cm³/mol. The summed E-state index contributed by atoms with van der Waals surface area (Å²) >= 11 is 0. The Kier molecular flexibility index (Phi) is 14.4. The monoisotopic (exact) mass is 701 g/mol. The van der Waals surface area contributed by atoms with E-state index in [-0.39, 0.29) is 34.4 Å². The number of pyridine rings is 1. The number of aromatic nitrogens is 3. The number of nitrogens with one attached hydrogen (secondary N) is 2. The first-order chi connectivity index (χ1) is 24.9. The molecule has 4 N–H and O–H groups in total. The molecule has 4 aromatic rings. The predicted octanol–water partition coefficient (Wildman–Crippen LogP) is 8.89. The number of terminal acetylenes is 1. The zero-order chi connectivity index (χ0) is 37.1. The maximum absolute atomic E-state index is 16.9. The molecule has 8 nitrogen and oxygen atoms in total. The third kappa shape index (κ3) is 8.21. The summed E-state index contributed by atoms with van der Waals surface area (Å²) < 4.78 is 38.2. The average molecular weight is 702 g/mol. The Morgan fingerprint density at radius 3 is 2.43 bits per heavy atom. The maximum Gasteiger partial charge on any atom is 0.319 e. The van der Waals surface area contributed by atoms with E-state index in [1.807, 2.05) is 41.5 Å². The number of nitrogen functional groups attached to an aromatic ring is 1. The van der Waals surface area contributed by atoms with E-state index in [1.54, 1.807) is 18.2 Å². The quantitative estimate of drug-likeness (QED) is 0.0952.